The first-order valence-corrected chi connectivity index (χ1v) is 38.1. The average molecular weight is 1800 g/mol. The van der Waals surface area contributed by atoms with Crippen LogP contribution in [0.15, 0.2) is 239 Å². The zero-order chi connectivity index (χ0) is 84.3. The third kappa shape index (κ3) is 18.7. The summed E-state index contributed by atoms with van der Waals surface area (Å²) in [5.74, 6) is 0.852. The Labute approximate surface area is 679 Å². The topological polar surface area (TPSA) is 59.3 Å². The Kier molecular flexibility index (Phi) is 25.7. The van der Waals surface area contributed by atoms with Crippen molar-refractivity contribution in [3.63, 3.8) is 0 Å². The van der Waals surface area contributed by atoms with Crippen molar-refractivity contribution in [1.82, 2.24) is 0 Å². The fraction of sp³-hybridized carbons (Fsp3) is 0.195. The maximum absolute atomic E-state index is 14.2. The van der Waals surface area contributed by atoms with Crippen LogP contribution in [-0.2, 0) is 95.5 Å². The van der Waals surface area contributed by atoms with Crippen LogP contribution in [0.5, 0.6) is 5.75 Å². The minimum absolute atomic E-state index is 0. The maximum atomic E-state index is 14.2. The van der Waals surface area contributed by atoms with Gasteiger partial charge in [0.1, 0.15) is 23.1 Å². The van der Waals surface area contributed by atoms with Crippen molar-refractivity contribution in [2.45, 2.75) is 108 Å². The third-order valence-electron chi connectivity index (χ3n) is 20.5. The van der Waals surface area contributed by atoms with Gasteiger partial charge in [0.05, 0.1) is 50.6 Å². The summed E-state index contributed by atoms with van der Waals surface area (Å²) in [5, 5.41) is 18.1. The van der Waals surface area contributed by atoms with Gasteiger partial charge in [0.25, 0.3) is 0 Å². The van der Waals surface area contributed by atoms with Crippen LogP contribution in [0.1, 0.15) is 99.4 Å². The molecule has 2 aliphatic rings. The van der Waals surface area contributed by atoms with Crippen LogP contribution in [0.4, 0.5) is 105 Å². The molecule has 0 saturated heterocycles. The van der Waals surface area contributed by atoms with E-state index in [0.29, 0.717) is 0 Å². The minimum Gasteiger partial charge on any atom is -0.390 e. The molecule has 0 saturated carbocycles. The molecule has 1 aromatic heterocycles. The van der Waals surface area contributed by atoms with Crippen molar-refractivity contribution in [1.29, 1.82) is 5.26 Å². The maximum Gasteiger partial charge on any atom is 2.00 e. The average Bonchev–Trinajstić information content (AvgIpc) is 1.05. The molecule has 0 bridgehead atoms. The summed E-state index contributed by atoms with van der Waals surface area (Å²) in [4.78, 5) is 0. The van der Waals surface area contributed by atoms with Gasteiger partial charge < -0.3 is 20.3 Å². The molecular weight excluding hydrogens is 1740 g/mol. The standard InChI is InChI=1S/C52H42O3P2.C32H12BF24.C2H3N.CH3.Pd/c1-3-19-39(20-4-1)56(40-21-5-2-6-22-40)48-34-30-38-18-10-14-26-44(38)52(48)51-43-25-13-9-17-37(43)29-33-47(51)55-57-53-45-31-27-35-15-7-11-23-41(35)49(45)50-42-24-12-8-16-36(42)28-32-46(50)54-57;34-25(35,36)13-1-14(26(37,38)39)6-21(5-13)33(22-7-15(27(40,41)42)2-16(8-22)28(43,44)45,23-9-17(29(46,47)48)3-18(10-23)30(49,50)51)24-11-19(31(52,53)54)4-20(12-24)32(55,56)57;1-2-3;;/h1-8,11-12,15-16,19-24,27-34H,9-10,13-14,17-18,25-26H2;1-12H;1H3;1H3;/q;-1;;-1;+2. The number of fused-ring (bicyclic) bond motifs is 9. The summed E-state index contributed by atoms with van der Waals surface area (Å²) in [7, 11) is -2.77. The van der Waals surface area contributed by atoms with E-state index >= 15 is 0 Å². The second-order valence-corrected chi connectivity index (χ2v) is 31.0. The molecule has 0 radical (unpaired) electrons. The number of alkyl halides is 24. The zero-order valence-electron chi connectivity index (χ0n) is 61.6. The van der Waals surface area contributed by atoms with E-state index < -0.39 is 211 Å². The number of benzene rings is 12. The van der Waals surface area contributed by atoms with Crippen LogP contribution in [0.25, 0.3) is 54.6 Å². The number of nitrogens with zero attached hydrogens (tertiary/aromatic N) is 1. The van der Waals surface area contributed by atoms with Gasteiger partial charge in [-0.25, -0.2) is 0 Å². The smallest absolute Gasteiger partial charge is 0.390 e. The molecule has 0 N–H and O–H groups in total. The zero-order valence-corrected chi connectivity index (χ0v) is 65.0. The molecule has 0 atom stereocenters. The first-order chi connectivity index (χ1) is 55.0. The molecule has 2 aliphatic carbocycles. The Hall–Kier alpha value is -10.2. The number of rotatable bonds is 10. The van der Waals surface area contributed by atoms with Gasteiger partial charge in [-0.15, -0.1) is 0 Å². The van der Waals surface area contributed by atoms with Gasteiger partial charge in [0, 0.05) is 23.3 Å². The SMILES string of the molecule is CC#N.FC(F)(F)c1cc([B-](c2cc(C(F)(F)F)cc(C(F)(F)F)c2)(c2cc(C(F)(F)F)cc(C(F)(F)F)c2)c2cc(C(F)(F)F)cc(C(F)(F)F)c2)cc(C(F)(F)F)c1.[CH3-].[Pd+2].c1ccc(P(c2ccccc2)c2ccc3c(c2-c2c(Op4oc5ccc6ccccc6c5c5c(ccc6ccccc65)o4)ccc4c2CCCC4)CCCC3)cc1. The van der Waals surface area contributed by atoms with E-state index in [0.717, 1.165) is 74.9 Å². The Balaban J connectivity index is 0.000000222. The molecule has 0 fully saturated rings. The van der Waals surface area contributed by atoms with Crippen LogP contribution in [0, 0.1) is 18.8 Å². The summed E-state index contributed by atoms with van der Waals surface area (Å²) < 4.78 is 362. The van der Waals surface area contributed by atoms with Crippen LogP contribution in [0.3, 0.4) is 0 Å². The largest absolute Gasteiger partial charge is 2.00 e. The number of aryl methyl sites for hydroxylation is 2. The van der Waals surface area contributed by atoms with Gasteiger partial charge in [-0.1, -0.05) is 188 Å². The molecule has 0 unspecified atom stereocenters. The molecule has 0 aliphatic heterocycles. The Bertz CT molecular complexity index is 5430. The van der Waals surface area contributed by atoms with Gasteiger partial charge in [0.2, 0.25) is 0 Å². The second-order valence-electron chi connectivity index (χ2n) is 27.9. The monoisotopic (exact) mass is 1800 g/mol. The Morgan fingerprint density at radius 3 is 0.958 bits per heavy atom. The molecule has 1 heterocycles. The van der Waals surface area contributed by atoms with E-state index in [1.54, 1.807) is 6.07 Å². The van der Waals surface area contributed by atoms with Crippen molar-refractivity contribution in [2.24, 2.45) is 0 Å². The van der Waals surface area contributed by atoms with Crippen LogP contribution in [0.2, 0.25) is 0 Å². The Morgan fingerprint density at radius 2 is 0.639 bits per heavy atom. The number of nitriles is 1. The van der Waals surface area contributed by atoms with Crippen molar-refractivity contribution in [3.8, 4) is 22.9 Å². The van der Waals surface area contributed by atoms with E-state index in [-0.39, 0.29) is 27.8 Å². The number of hydrogen-bond acceptors (Lipinski definition) is 4. The van der Waals surface area contributed by atoms with Gasteiger partial charge >= 0.3 is 78.1 Å². The van der Waals surface area contributed by atoms with Crippen molar-refractivity contribution < 1.29 is 139 Å². The fourth-order valence-electron chi connectivity index (χ4n) is 15.6. The predicted octanol–water partition coefficient (Wildman–Crippen LogP) is 25.8. The molecule has 15 rings (SSSR count). The molecule has 4 nitrogen and oxygen atoms in total. The van der Waals surface area contributed by atoms with E-state index in [4.69, 9.17) is 18.2 Å². The normalized spacial score (nSPS) is 13.6. The molecule has 0 spiro atoms. The van der Waals surface area contributed by atoms with Crippen molar-refractivity contribution in [3.05, 3.63) is 305 Å². The van der Waals surface area contributed by atoms with E-state index in [9.17, 15) is 105 Å². The second kappa shape index (κ2) is 34.1. The molecular formula is C87H60BF24NO3P2Pd. The predicted molar refractivity (Wildman–Crippen MR) is 409 cm³/mol. The van der Waals surface area contributed by atoms with Gasteiger partial charge in [-0.2, -0.15) is 132 Å². The third-order valence-corrected chi connectivity index (χ3v) is 24.0. The first-order valence-electron chi connectivity index (χ1n) is 35.7. The molecule has 13 aromatic rings. The number of hydrogen-bond donors (Lipinski definition) is 0. The van der Waals surface area contributed by atoms with E-state index in [1.807, 2.05) is 0 Å². The Morgan fingerprint density at radius 1 is 0.353 bits per heavy atom. The quantitative estimate of drug-likeness (QED) is 0.0593. The summed E-state index contributed by atoms with van der Waals surface area (Å²) in [6.45, 7) is 1.43. The first kappa shape index (κ1) is 89.6. The molecule has 12 aromatic carbocycles. The van der Waals surface area contributed by atoms with Crippen LogP contribution in [-0.4, -0.2) is 6.15 Å². The van der Waals surface area contributed by atoms with Gasteiger partial charge in [0.15, 0.2) is 0 Å². The summed E-state index contributed by atoms with van der Waals surface area (Å²) in [6.07, 6.45) is -45.7. The fourth-order valence-corrected chi connectivity index (χ4v) is 19.1. The summed E-state index contributed by atoms with van der Waals surface area (Å²) in [6, 6.07) is 50.3. The summed E-state index contributed by atoms with van der Waals surface area (Å²) >= 11 is 0. The van der Waals surface area contributed by atoms with Gasteiger partial charge in [-0.3, -0.25) is 0 Å². The molecule has 0 amide bonds. The molecule has 119 heavy (non-hydrogen) atoms. The van der Waals surface area contributed by atoms with E-state index in [2.05, 4.69) is 158 Å². The van der Waals surface area contributed by atoms with Crippen LogP contribution < -0.4 is 42.3 Å². The van der Waals surface area contributed by atoms with Crippen LogP contribution >= 0.6 is 16.2 Å². The molecule has 622 valence electrons. The van der Waals surface area contributed by atoms with Crippen molar-refractivity contribution in [2.75, 3.05) is 0 Å². The van der Waals surface area contributed by atoms with Crippen molar-refractivity contribution >= 4 is 104 Å². The van der Waals surface area contributed by atoms with E-state index in [1.165, 1.54) is 81.9 Å². The molecule has 32 heteroatoms. The minimum atomic E-state index is -6.13. The number of halogens is 24. The van der Waals surface area contributed by atoms with Gasteiger partial charge in [-0.05, 0) is 167 Å². The summed E-state index contributed by atoms with van der Waals surface area (Å²) in [5.41, 5.74) is -20.2.